The monoisotopic (exact) mass is 427 g/mol. The number of amides is 1. The van der Waals surface area contributed by atoms with Crippen molar-refractivity contribution in [1.29, 1.82) is 0 Å². The van der Waals surface area contributed by atoms with Crippen molar-refractivity contribution in [2.75, 3.05) is 31.2 Å². The van der Waals surface area contributed by atoms with Crippen LogP contribution in [0.15, 0.2) is 53.9 Å². The first-order valence-corrected chi connectivity index (χ1v) is 10.8. The van der Waals surface area contributed by atoms with Crippen LogP contribution >= 0.6 is 22.9 Å². The largest absolute Gasteiger partial charge is 0.378 e. The van der Waals surface area contributed by atoms with Crippen LogP contribution in [0.1, 0.15) is 29.0 Å². The van der Waals surface area contributed by atoms with Gasteiger partial charge in [-0.3, -0.25) is 4.79 Å². The van der Waals surface area contributed by atoms with E-state index in [0.717, 1.165) is 42.4 Å². The predicted octanol–water partition coefficient (Wildman–Crippen LogP) is 4.79. The summed E-state index contributed by atoms with van der Waals surface area (Å²) >= 11 is 7.48. The Labute approximate surface area is 179 Å². The fourth-order valence-electron chi connectivity index (χ4n) is 3.28. The Hall–Kier alpha value is -2.41. The molecule has 1 unspecified atom stereocenters. The van der Waals surface area contributed by atoms with Gasteiger partial charge in [0.05, 0.1) is 19.3 Å². The lowest BCUT2D eigenvalue weighted by molar-refractivity contribution is 0.0935. The number of rotatable bonds is 5. The summed E-state index contributed by atoms with van der Waals surface area (Å²) < 4.78 is 5.40. The van der Waals surface area contributed by atoms with Crippen molar-refractivity contribution in [3.63, 3.8) is 0 Å². The van der Waals surface area contributed by atoms with Gasteiger partial charge in [-0.15, -0.1) is 11.3 Å². The van der Waals surface area contributed by atoms with Gasteiger partial charge in [-0.05, 0) is 36.8 Å². The van der Waals surface area contributed by atoms with E-state index >= 15 is 0 Å². The smallest absolute Gasteiger partial charge is 0.271 e. The number of halogens is 1. The summed E-state index contributed by atoms with van der Waals surface area (Å²) in [5.74, 6) is -0.181. The lowest BCUT2D eigenvalue weighted by atomic mass is 10.1. The minimum absolute atomic E-state index is 0.113. The van der Waals surface area contributed by atoms with E-state index in [9.17, 15) is 4.79 Å². The molecule has 0 spiro atoms. The molecule has 29 heavy (non-hydrogen) atoms. The van der Waals surface area contributed by atoms with E-state index in [1.165, 1.54) is 17.0 Å². The van der Waals surface area contributed by atoms with Gasteiger partial charge in [0.15, 0.2) is 0 Å². The molecule has 1 fully saturated rings. The highest BCUT2D eigenvalue weighted by Crippen LogP contribution is 2.26. The van der Waals surface area contributed by atoms with Crippen LogP contribution in [0.4, 0.5) is 5.69 Å². The Morgan fingerprint density at radius 1 is 1.21 bits per heavy atom. The van der Waals surface area contributed by atoms with Crippen molar-refractivity contribution >= 4 is 34.5 Å². The average Bonchev–Trinajstić information content (AvgIpc) is 3.25. The third-order valence-corrected chi connectivity index (χ3v) is 6.05. The number of carbonyl (C=O) groups excluding carboxylic acids is 1. The lowest BCUT2D eigenvalue weighted by Crippen LogP contribution is -2.36. The summed E-state index contributed by atoms with van der Waals surface area (Å²) in [4.78, 5) is 19.4. The summed E-state index contributed by atoms with van der Waals surface area (Å²) in [7, 11) is 0. The first-order chi connectivity index (χ1) is 14.1. The van der Waals surface area contributed by atoms with Crippen LogP contribution in [0.25, 0.3) is 10.6 Å². The lowest BCUT2D eigenvalue weighted by Gasteiger charge is -2.29. The molecule has 0 saturated carbocycles. The second kappa shape index (κ2) is 8.95. The number of carbonyl (C=O) groups is 1. The first kappa shape index (κ1) is 19.9. The molecular formula is C22H22ClN3O2S. The molecule has 1 amide bonds. The zero-order valence-corrected chi connectivity index (χ0v) is 17.7. The Balaban J connectivity index is 1.40. The van der Waals surface area contributed by atoms with Gasteiger partial charge in [-0.25, -0.2) is 4.98 Å². The van der Waals surface area contributed by atoms with E-state index in [2.05, 4.69) is 39.5 Å². The third-order valence-electron chi connectivity index (χ3n) is 4.93. The number of thiazole rings is 1. The average molecular weight is 428 g/mol. The van der Waals surface area contributed by atoms with Gasteiger partial charge in [-0.2, -0.15) is 0 Å². The second-order valence-corrected chi connectivity index (χ2v) is 8.23. The minimum atomic E-state index is -0.181. The van der Waals surface area contributed by atoms with Crippen LogP contribution in [0.5, 0.6) is 0 Å². The maximum Gasteiger partial charge on any atom is 0.271 e. The maximum absolute atomic E-state index is 12.6. The Morgan fingerprint density at radius 3 is 2.69 bits per heavy atom. The molecule has 1 aliphatic heterocycles. The molecule has 1 atom stereocenters. The maximum atomic E-state index is 12.6. The van der Waals surface area contributed by atoms with Gasteiger partial charge in [0.25, 0.3) is 5.91 Å². The molecule has 4 rings (SSSR count). The molecule has 1 N–H and O–H groups in total. The van der Waals surface area contributed by atoms with Gasteiger partial charge >= 0.3 is 0 Å². The molecule has 2 heterocycles. The number of nitrogens with zero attached hydrogens (tertiary/aromatic N) is 2. The topological polar surface area (TPSA) is 54.5 Å². The van der Waals surface area contributed by atoms with E-state index < -0.39 is 0 Å². The van der Waals surface area contributed by atoms with Gasteiger partial charge in [-0.1, -0.05) is 35.9 Å². The zero-order chi connectivity index (χ0) is 20.2. The van der Waals surface area contributed by atoms with E-state index in [0.29, 0.717) is 10.7 Å². The van der Waals surface area contributed by atoms with Crippen LogP contribution in [0, 0.1) is 0 Å². The van der Waals surface area contributed by atoms with Crippen molar-refractivity contribution < 1.29 is 9.53 Å². The van der Waals surface area contributed by atoms with Crippen LogP contribution in [-0.2, 0) is 4.74 Å². The van der Waals surface area contributed by atoms with E-state index in [1.807, 2.05) is 31.2 Å². The molecule has 7 heteroatoms. The van der Waals surface area contributed by atoms with Crippen molar-refractivity contribution in [3.05, 3.63) is 70.2 Å². The normalized spacial score (nSPS) is 15.2. The van der Waals surface area contributed by atoms with Crippen molar-refractivity contribution in [3.8, 4) is 10.6 Å². The number of hydrogen-bond donors (Lipinski definition) is 1. The van der Waals surface area contributed by atoms with Gasteiger partial charge < -0.3 is 15.0 Å². The van der Waals surface area contributed by atoms with Crippen LogP contribution in [0.2, 0.25) is 5.02 Å². The molecule has 0 radical (unpaired) electrons. The Kier molecular flexibility index (Phi) is 6.13. The summed E-state index contributed by atoms with van der Waals surface area (Å²) in [5.41, 5.74) is 3.57. The van der Waals surface area contributed by atoms with Gasteiger partial charge in [0.2, 0.25) is 0 Å². The number of benzene rings is 2. The highest BCUT2D eigenvalue weighted by molar-refractivity contribution is 7.13. The molecule has 1 aromatic heterocycles. The molecule has 3 aromatic rings. The van der Waals surface area contributed by atoms with Gasteiger partial charge in [0, 0.05) is 34.7 Å². The SMILES string of the molecule is CC(NC(=O)c1csc(-c2cccc(Cl)c2)n1)c1ccc(N2CCOCC2)cc1. The summed E-state index contributed by atoms with van der Waals surface area (Å²) in [6, 6.07) is 15.7. The fourth-order valence-corrected chi connectivity index (χ4v) is 4.27. The molecule has 1 aliphatic rings. The van der Waals surface area contributed by atoms with Crippen LogP contribution < -0.4 is 10.2 Å². The van der Waals surface area contributed by atoms with E-state index in [4.69, 9.17) is 16.3 Å². The highest BCUT2D eigenvalue weighted by atomic mass is 35.5. The van der Waals surface area contributed by atoms with Crippen molar-refractivity contribution in [2.24, 2.45) is 0 Å². The molecule has 1 saturated heterocycles. The minimum Gasteiger partial charge on any atom is -0.378 e. The number of aromatic nitrogens is 1. The highest BCUT2D eigenvalue weighted by Gasteiger charge is 2.16. The fraction of sp³-hybridized carbons (Fsp3) is 0.273. The molecular weight excluding hydrogens is 406 g/mol. The zero-order valence-electron chi connectivity index (χ0n) is 16.1. The number of hydrogen-bond acceptors (Lipinski definition) is 5. The summed E-state index contributed by atoms with van der Waals surface area (Å²) in [6.07, 6.45) is 0. The second-order valence-electron chi connectivity index (χ2n) is 6.93. The van der Waals surface area contributed by atoms with Crippen molar-refractivity contribution in [2.45, 2.75) is 13.0 Å². The Morgan fingerprint density at radius 2 is 1.97 bits per heavy atom. The Bertz CT molecular complexity index is 984. The van der Waals surface area contributed by atoms with Crippen LogP contribution in [-0.4, -0.2) is 37.2 Å². The first-order valence-electron chi connectivity index (χ1n) is 9.55. The third kappa shape index (κ3) is 4.78. The van der Waals surface area contributed by atoms with E-state index in [1.54, 1.807) is 5.38 Å². The molecule has 0 aliphatic carbocycles. The molecule has 150 valence electrons. The number of morpholine rings is 1. The summed E-state index contributed by atoms with van der Waals surface area (Å²) in [6.45, 7) is 5.32. The summed E-state index contributed by atoms with van der Waals surface area (Å²) in [5, 5.41) is 6.24. The quantitative estimate of drug-likeness (QED) is 0.636. The molecule has 2 aromatic carbocycles. The molecule has 0 bridgehead atoms. The van der Waals surface area contributed by atoms with Crippen molar-refractivity contribution in [1.82, 2.24) is 10.3 Å². The van der Waals surface area contributed by atoms with Crippen LogP contribution in [0.3, 0.4) is 0 Å². The number of anilines is 1. The number of ether oxygens (including phenoxy) is 1. The predicted molar refractivity (Wildman–Crippen MR) is 118 cm³/mol. The molecule has 5 nitrogen and oxygen atoms in total. The number of nitrogens with one attached hydrogen (secondary N) is 1. The standard InChI is InChI=1S/C22H22ClN3O2S/c1-15(16-5-7-19(8-6-16)26-9-11-28-12-10-26)24-21(27)20-14-29-22(25-20)17-3-2-4-18(23)13-17/h2-8,13-15H,9-12H2,1H3,(H,24,27). The van der Waals surface area contributed by atoms with Gasteiger partial charge in [0.1, 0.15) is 10.7 Å². The van der Waals surface area contributed by atoms with E-state index in [-0.39, 0.29) is 11.9 Å².